The van der Waals surface area contributed by atoms with Gasteiger partial charge >= 0.3 is 6.09 Å². The Balaban J connectivity index is 1.76. The first kappa shape index (κ1) is 20.6. The van der Waals surface area contributed by atoms with E-state index in [1.165, 1.54) is 4.90 Å². The van der Waals surface area contributed by atoms with E-state index in [0.717, 1.165) is 49.7 Å². The second-order valence-electron chi connectivity index (χ2n) is 7.93. The molecule has 1 saturated heterocycles. The molecule has 150 valence electrons. The van der Waals surface area contributed by atoms with Crippen LogP contribution in [0.15, 0.2) is 36.4 Å². The van der Waals surface area contributed by atoms with E-state index in [-0.39, 0.29) is 0 Å². The van der Waals surface area contributed by atoms with Crippen LogP contribution in [-0.2, 0) is 16.0 Å². The van der Waals surface area contributed by atoms with Gasteiger partial charge in [-0.3, -0.25) is 5.32 Å². The summed E-state index contributed by atoms with van der Waals surface area (Å²) in [6.45, 7) is 9.94. The number of ether oxygens (including phenoxy) is 2. The van der Waals surface area contributed by atoms with Gasteiger partial charge in [0.05, 0.1) is 18.9 Å². The maximum atomic E-state index is 12.0. The zero-order valence-corrected chi connectivity index (χ0v) is 17.3. The van der Waals surface area contributed by atoms with Gasteiger partial charge < -0.3 is 14.4 Å². The second-order valence-corrected chi connectivity index (χ2v) is 8.32. The predicted molar refractivity (Wildman–Crippen MR) is 110 cm³/mol. The van der Waals surface area contributed by atoms with Crippen LogP contribution < -0.4 is 10.2 Å². The maximum Gasteiger partial charge on any atom is 0.412 e. The van der Waals surface area contributed by atoms with E-state index < -0.39 is 11.7 Å². The van der Waals surface area contributed by atoms with Crippen LogP contribution in [0.2, 0.25) is 5.15 Å². The predicted octanol–water partition coefficient (Wildman–Crippen LogP) is 3.16. The van der Waals surface area contributed by atoms with Crippen molar-refractivity contribution in [2.24, 2.45) is 0 Å². The fourth-order valence-corrected chi connectivity index (χ4v) is 3.33. The number of amides is 1. The molecule has 0 unspecified atom stereocenters. The third-order valence-corrected chi connectivity index (χ3v) is 4.51. The van der Waals surface area contributed by atoms with Gasteiger partial charge in [-0.15, -0.1) is 0 Å². The Kier molecular flexibility index (Phi) is 6.54. The Morgan fingerprint density at radius 3 is 2.71 bits per heavy atom. The number of nitrogens with zero attached hydrogens (tertiary/aromatic N) is 1. The summed E-state index contributed by atoms with van der Waals surface area (Å²) < 4.78 is 10.7. The number of quaternary nitrogens is 1. The number of aromatic nitrogens is 1. The van der Waals surface area contributed by atoms with Gasteiger partial charge in [0.15, 0.2) is 0 Å². The highest BCUT2D eigenvalue weighted by Crippen LogP contribution is 2.24. The second kappa shape index (κ2) is 8.90. The Morgan fingerprint density at radius 2 is 2.00 bits per heavy atom. The number of morpholine rings is 1. The average molecular weight is 405 g/mol. The van der Waals surface area contributed by atoms with Crippen molar-refractivity contribution in [1.29, 1.82) is 0 Å². The molecule has 6 nitrogen and oxygen atoms in total. The van der Waals surface area contributed by atoms with Crippen LogP contribution in [0.1, 0.15) is 26.3 Å². The molecule has 28 heavy (non-hydrogen) atoms. The summed E-state index contributed by atoms with van der Waals surface area (Å²) in [5.74, 6) is 0. The molecule has 3 rings (SSSR count). The lowest BCUT2D eigenvalue weighted by Gasteiger charge is -2.24. The fraction of sp³-hybridized carbons (Fsp3) is 0.429. The summed E-state index contributed by atoms with van der Waals surface area (Å²) in [6, 6.07) is 11.5. The first-order valence-electron chi connectivity index (χ1n) is 9.47. The van der Waals surface area contributed by atoms with E-state index in [2.05, 4.69) is 16.4 Å². The van der Waals surface area contributed by atoms with Crippen LogP contribution in [0.5, 0.6) is 0 Å². The number of pyridine rings is 1. The minimum absolute atomic E-state index is 0.464. The highest BCUT2D eigenvalue weighted by Gasteiger charge is 2.17. The molecule has 0 spiro atoms. The highest BCUT2D eigenvalue weighted by molar-refractivity contribution is 6.29. The molecule has 0 radical (unpaired) electrons. The van der Waals surface area contributed by atoms with Gasteiger partial charge in [0.25, 0.3) is 0 Å². The number of hydrogen-bond acceptors (Lipinski definition) is 4. The van der Waals surface area contributed by atoms with Crippen LogP contribution in [-0.4, -0.2) is 43.0 Å². The molecule has 0 atom stereocenters. The molecule has 2 N–H and O–H groups in total. The maximum absolute atomic E-state index is 12.0. The molecule has 2 aromatic rings. The van der Waals surface area contributed by atoms with Crippen molar-refractivity contribution in [2.45, 2.75) is 32.9 Å². The largest absolute Gasteiger partial charge is 0.444 e. The number of halogens is 1. The summed E-state index contributed by atoms with van der Waals surface area (Å²) in [5.41, 5.74) is 2.90. The lowest BCUT2D eigenvalue weighted by atomic mass is 10.1. The van der Waals surface area contributed by atoms with Gasteiger partial charge in [-0.1, -0.05) is 23.7 Å². The van der Waals surface area contributed by atoms with Crippen molar-refractivity contribution < 1.29 is 19.2 Å². The van der Waals surface area contributed by atoms with Crippen LogP contribution in [0, 0.1) is 0 Å². The standard InChI is InChI=1S/C21H26ClN3O3/c1-21(2,3)28-20(26)23-17-6-4-5-16(13-17)18-11-15(12-19(22)24-18)14-25-7-9-27-10-8-25/h4-6,11-13H,7-10,14H2,1-3H3,(H,23,26)/p+1. The number of nitrogens with one attached hydrogen (secondary N) is 2. The van der Waals surface area contributed by atoms with E-state index in [4.69, 9.17) is 21.1 Å². The number of anilines is 1. The molecular formula is C21H27ClN3O3+. The van der Waals surface area contributed by atoms with Crippen LogP contribution in [0.4, 0.5) is 10.5 Å². The molecule has 0 aliphatic carbocycles. The Morgan fingerprint density at radius 1 is 1.25 bits per heavy atom. The van der Waals surface area contributed by atoms with Gasteiger partial charge in [0.1, 0.15) is 30.4 Å². The molecule has 1 aliphatic heterocycles. The molecule has 1 aromatic carbocycles. The van der Waals surface area contributed by atoms with Crippen molar-refractivity contribution in [1.82, 2.24) is 4.98 Å². The van der Waals surface area contributed by atoms with Crippen LogP contribution in [0.3, 0.4) is 0 Å². The Bertz CT molecular complexity index is 830. The number of benzene rings is 1. The highest BCUT2D eigenvalue weighted by atomic mass is 35.5. The Labute approximate surface area is 170 Å². The molecule has 1 amide bonds. The van der Waals surface area contributed by atoms with Crippen LogP contribution in [0.25, 0.3) is 11.3 Å². The third kappa shape index (κ3) is 6.19. The third-order valence-electron chi connectivity index (χ3n) is 4.31. The van der Waals surface area contributed by atoms with Gasteiger partial charge in [-0.05, 0) is 45.0 Å². The number of hydrogen-bond donors (Lipinski definition) is 2. The van der Waals surface area contributed by atoms with Gasteiger partial charge in [0, 0.05) is 16.8 Å². The SMILES string of the molecule is CC(C)(C)OC(=O)Nc1cccc(-c2cc(C[NH+]3CCOCC3)cc(Cl)n2)c1. The van der Waals surface area contributed by atoms with Gasteiger partial charge in [-0.2, -0.15) is 0 Å². The summed E-state index contributed by atoms with van der Waals surface area (Å²) in [4.78, 5) is 18.0. The quantitative estimate of drug-likeness (QED) is 0.768. The number of rotatable bonds is 4. The minimum Gasteiger partial charge on any atom is -0.444 e. The van der Waals surface area contributed by atoms with E-state index in [9.17, 15) is 4.79 Å². The first-order valence-corrected chi connectivity index (χ1v) is 9.84. The smallest absolute Gasteiger partial charge is 0.412 e. The number of carbonyl (C=O) groups is 1. The van der Waals surface area contributed by atoms with E-state index in [0.29, 0.717) is 10.8 Å². The van der Waals surface area contributed by atoms with E-state index in [1.807, 2.05) is 51.1 Å². The lowest BCUT2D eigenvalue weighted by molar-refractivity contribution is -0.921. The fourth-order valence-electron chi connectivity index (χ4n) is 3.10. The molecule has 1 aliphatic rings. The summed E-state index contributed by atoms with van der Waals surface area (Å²) in [6.07, 6.45) is -0.486. The molecule has 7 heteroatoms. The Hall–Kier alpha value is -2.15. The first-order chi connectivity index (χ1) is 13.3. The van der Waals surface area contributed by atoms with E-state index >= 15 is 0 Å². The van der Waals surface area contributed by atoms with Gasteiger partial charge in [-0.25, -0.2) is 9.78 Å². The minimum atomic E-state index is -0.549. The van der Waals surface area contributed by atoms with Crippen molar-refractivity contribution in [3.05, 3.63) is 47.1 Å². The molecule has 2 heterocycles. The normalized spacial score (nSPS) is 15.3. The summed E-state index contributed by atoms with van der Waals surface area (Å²) in [5, 5.41) is 3.23. The lowest BCUT2D eigenvalue weighted by Crippen LogP contribution is -3.12. The van der Waals surface area contributed by atoms with Crippen molar-refractivity contribution in [2.75, 3.05) is 31.6 Å². The monoisotopic (exact) mass is 404 g/mol. The number of carbonyl (C=O) groups excluding carboxylic acids is 1. The van der Waals surface area contributed by atoms with E-state index in [1.54, 1.807) is 0 Å². The topological polar surface area (TPSA) is 64.9 Å². The average Bonchev–Trinajstić information content (AvgIpc) is 2.60. The van der Waals surface area contributed by atoms with Crippen LogP contribution >= 0.6 is 11.6 Å². The van der Waals surface area contributed by atoms with Gasteiger partial charge in [0.2, 0.25) is 0 Å². The van der Waals surface area contributed by atoms with Crippen molar-refractivity contribution >= 4 is 23.4 Å². The molecular weight excluding hydrogens is 378 g/mol. The molecule has 0 saturated carbocycles. The van der Waals surface area contributed by atoms with Crippen molar-refractivity contribution in [3.63, 3.8) is 0 Å². The molecule has 1 aromatic heterocycles. The molecule has 1 fully saturated rings. The molecule has 0 bridgehead atoms. The summed E-state index contributed by atoms with van der Waals surface area (Å²) >= 11 is 6.28. The zero-order chi connectivity index (χ0) is 20.1. The zero-order valence-electron chi connectivity index (χ0n) is 16.5. The van der Waals surface area contributed by atoms with Crippen molar-refractivity contribution in [3.8, 4) is 11.3 Å². The summed E-state index contributed by atoms with van der Waals surface area (Å²) in [7, 11) is 0.